The second-order valence-electron chi connectivity index (χ2n) is 6.72. The minimum Gasteiger partial charge on any atom is -0.376 e. The lowest BCUT2D eigenvalue weighted by Gasteiger charge is -2.09. The molecule has 0 saturated carbocycles. The fourth-order valence-electron chi connectivity index (χ4n) is 3.07. The molecule has 0 aliphatic rings. The lowest BCUT2D eigenvalue weighted by atomic mass is 10.1. The molecule has 4 aromatic rings. The summed E-state index contributed by atoms with van der Waals surface area (Å²) in [6, 6.07) is 22.6. The van der Waals surface area contributed by atoms with Gasteiger partial charge in [-0.1, -0.05) is 66.2 Å². The fourth-order valence-corrected chi connectivity index (χ4v) is 3.94. The largest absolute Gasteiger partial charge is 0.376 e. The average Bonchev–Trinajstić information content (AvgIpc) is 3.15. The Bertz CT molecular complexity index is 1100. The van der Waals surface area contributed by atoms with Crippen LogP contribution in [-0.2, 0) is 11.2 Å². The Labute approximate surface area is 168 Å². The maximum absolute atomic E-state index is 12.3. The Hall–Kier alpha value is -3.18. The molecular formula is C23H21N3OS. The highest BCUT2D eigenvalue weighted by molar-refractivity contribution is 7.15. The number of hydrogen-bond donors (Lipinski definition) is 2. The molecule has 0 fully saturated rings. The Balaban J connectivity index is 1.35. The molecule has 4 nitrogen and oxygen atoms in total. The zero-order valence-electron chi connectivity index (χ0n) is 15.6. The van der Waals surface area contributed by atoms with Crippen molar-refractivity contribution in [1.29, 1.82) is 0 Å². The molecule has 0 aliphatic heterocycles. The van der Waals surface area contributed by atoms with Crippen LogP contribution in [0.4, 0.5) is 10.8 Å². The Morgan fingerprint density at radius 3 is 2.64 bits per heavy atom. The molecule has 0 saturated heterocycles. The van der Waals surface area contributed by atoms with E-state index in [1.165, 1.54) is 22.5 Å². The van der Waals surface area contributed by atoms with Crippen LogP contribution in [0.2, 0.25) is 0 Å². The molecule has 0 radical (unpaired) electrons. The highest BCUT2D eigenvalue weighted by atomic mass is 32.1. The van der Waals surface area contributed by atoms with E-state index in [1.54, 1.807) is 0 Å². The number of carbonyl (C=O) groups excluding carboxylic acids is 1. The van der Waals surface area contributed by atoms with Crippen molar-refractivity contribution in [3.8, 4) is 0 Å². The molecule has 0 atom stereocenters. The van der Waals surface area contributed by atoms with Crippen LogP contribution < -0.4 is 10.6 Å². The van der Waals surface area contributed by atoms with Gasteiger partial charge in [-0.25, -0.2) is 4.98 Å². The summed E-state index contributed by atoms with van der Waals surface area (Å²) < 4.78 is 0. The van der Waals surface area contributed by atoms with Crippen LogP contribution in [0, 0.1) is 6.92 Å². The number of nitrogens with zero attached hydrogens (tertiary/aromatic N) is 1. The zero-order valence-corrected chi connectivity index (χ0v) is 16.4. The van der Waals surface area contributed by atoms with Gasteiger partial charge < -0.3 is 10.6 Å². The molecular weight excluding hydrogens is 366 g/mol. The van der Waals surface area contributed by atoms with Crippen LogP contribution in [0.1, 0.15) is 16.0 Å². The second kappa shape index (κ2) is 8.23. The van der Waals surface area contributed by atoms with E-state index in [0.717, 1.165) is 27.8 Å². The number of aryl methyl sites for hydroxylation is 1. The normalized spacial score (nSPS) is 10.8. The van der Waals surface area contributed by atoms with Gasteiger partial charge in [0, 0.05) is 28.6 Å². The van der Waals surface area contributed by atoms with Gasteiger partial charge in [-0.2, -0.15) is 0 Å². The first kappa shape index (κ1) is 18.2. The van der Waals surface area contributed by atoms with Crippen molar-refractivity contribution in [3.05, 3.63) is 88.9 Å². The molecule has 4 rings (SSSR count). The number of rotatable bonds is 6. The monoisotopic (exact) mass is 387 g/mol. The third-order valence-corrected chi connectivity index (χ3v) is 5.44. The highest BCUT2D eigenvalue weighted by Gasteiger charge is 2.08. The summed E-state index contributed by atoms with van der Waals surface area (Å²) >= 11 is 1.51. The van der Waals surface area contributed by atoms with E-state index < -0.39 is 0 Å². The summed E-state index contributed by atoms with van der Waals surface area (Å²) in [5.41, 5.74) is 3.44. The highest BCUT2D eigenvalue weighted by Crippen LogP contribution is 2.23. The maximum atomic E-state index is 12.3. The SMILES string of the molecule is Cc1ccc(Cc2cnc(NC(=O)CNc3cccc4ccccc34)s2)cc1. The molecule has 1 amide bonds. The summed E-state index contributed by atoms with van der Waals surface area (Å²) in [6.07, 6.45) is 2.65. The third-order valence-electron chi connectivity index (χ3n) is 4.53. The molecule has 0 unspecified atom stereocenters. The summed E-state index contributed by atoms with van der Waals surface area (Å²) in [4.78, 5) is 17.8. The molecule has 3 aromatic carbocycles. The van der Waals surface area contributed by atoms with Crippen molar-refractivity contribution in [3.63, 3.8) is 0 Å². The van der Waals surface area contributed by atoms with Crippen LogP contribution >= 0.6 is 11.3 Å². The van der Waals surface area contributed by atoms with Gasteiger partial charge in [0.1, 0.15) is 0 Å². The minimum absolute atomic E-state index is 0.107. The van der Waals surface area contributed by atoms with Gasteiger partial charge >= 0.3 is 0 Å². The van der Waals surface area contributed by atoms with Crippen LogP contribution in [-0.4, -0.2) is 17.4 Å². The van der Waals surface area contributed by atoms with Gasteiger partial charge in [-0.3, -0.25) is 4.79 Å². The molecule has 0 spiro atoms. The summed E-state index contributed by atoms with van der Waals surface area (Å²) in [5.74, 6) is -0.107. The fraction of sp³-hybridized carbons (Fsp3) is 0.130. The number of carbonyl (C=O) groups is 1. The maximum Gasteiger partial charge on any atom is 0.245 e. The quantitative estimate of drug-likeness (QED) is 0.475. The summed E-state index contributed by atoms with van der Waals surface area (Å²) in [5, 5.41) is 8.99. The number of fused-ring (bicyclic) bond motifs is 1. The Morgan fingerprint density at radius 1 is 1.00 bits per heavy atom. The van der Waals surface area contributed by atoms with E-state index in [0.29, 0.717) is 5.13 Å². The van der Waals surface area contributed by atoms with E-state index in [4.69, 9.17) is 0 Å². The molecule has 0 bridgehead atoms. The van der Waals surface area contributed by atoms with Gasteiger partial charge in [0.05, 0.1) is 6.54 Å². The average molecular weight is 388 g/mol. The lowest BCUT2D eigenvalue weighted by molar-refractivity contribution is -0.114. The smallest absolute Gasteiger partial charge is 0.245 e. The van der Waals surface area contributed by atoms with Crippen LogP contribution in [0.15, 0.2) is 72.9 Å². The van der Waals surface area contributed by atoms with Crippen molar-refractivity contribution in [2.45, 2.75) is 13.3 Å². The molecule has 1 heterocycles. The minimum atomic E-state index is -0.107. The van der Waals surface area contributed by atoms with Gasteiger partial charge in [0.2, 0.25) is 5.91 Å². The molecule has 140 valence electrons. The van der Waals surface area contributed by atoms with Crippen molar-refractivity contribution >= 4 is 38.8 Å². The molecule has 28 heavy (non-hydrogen) atoms. The third kappa shape index (κ3) is 4.38. The first-order chi connectivity index (χ1) is 13.7. The number of benzene rings is 3. The number of anilines is 2. The Kier molecular flexibility index (Phi) is 5.35. The number of amides is 1. The van der Waals surface area contributed by atoms with Crippen LogP contribution in [0.25, 0.3) is 10.8 Å². The van der Waals surface area contributed by atoms with Gasteiger partial charge in [0.15, 0.2) is 5.13 Å². The topological polar surface area (TPSA) is 54.0 Å². The number of hydrogen-bond acceptors (Lipinski definition) is 4. The van der Waals surface area contributed by atoms with Crippen LogP contribution in [0.5, 0.6) is 0 Å². The molecule has 1 aromatic heterocycles. The van der Waals surface area contributed by atoms with Gasteiger partial charge in [-0.05, 0) is 23.9 Å². The zero-order chi connectivity index (χ0) is 19.3. The molecule has 5 heteroatoms. The summed E-state index contributed by atoms with van der Waals surface area (Å²) in [6.45, 7) is 2.28. The first-order valence-corrected chi connectivity index (χ1v) is 10.0. The molecule has 2 N–H and O–H groups in total. The van der Waals surface area contributed by atoms with Gasteiger partial charge in [-0.15, -0.1) is 11.3 Å². The van der Waals surface area contributed by atoms with E-state index >= 15 is 0 Å². The van der Waals surface area contributed by atoms with Gasteiger partial charge in [0.25, 0.3) is 0 Å². The van der Waals surface area contributed by atoms with Crippen LogP contribution in [0.3, 0.4) is 0 Å². The van der Waals surface area contributed by atoms with Crippen molar-refractivity contribution in [1.82, 2.24) is 4.98 Å². The number of aromatic nitrogens is 1. The van der Waals surface area contributed by atoms with E-state index in [2.05, 4.69) is 58.9 Å². The van der Waals surface area contributed by atoms with Crippen molar-refractivity contribution < 1.29 is 4.79 Å². The van der Waals surface area contributed by atoms with Crippen molar-refractivity contribution in [2.75, 3.05) is 17.2 Å². The van der Waals surface area contributed by atoms with E-state index in [1.807, 2.05) is 36.5 Å². The number of nitrogens with one attached hydrogen (secondary N) is 2. The standard InChI is InChI=1S/C23H21N3OS/c1-16-9-11-17(12-10-16)13-19-14-25-23(28-19)26-22(27)15-24-21-8-4-6-18-5-2-3-7-20(18)21/h2-12,14,24H,13,15H2,1H3,(H,25,26,27). The summed E-state index contributed by atoms with van der Waals surface area (Å²) in [7, 11) is 0. The predicted molar refractivity (Wildman–Crippen MR) is 117 cm³/mol. The van der Waals surface area contributed by atoms with E-state index in [-0.39, 0.29) is 12.5 Å². The predicted octanol–water partition coefficient (Wildman–Crippen LogP) is 5.25. The number of thiazole rings is 1. The molecule has 0 aliphatic carbocycles. The Morgan fingerprint density at radius 2 is 1.79 bits per heavy atom. The second-order valence-corrected chi connectivity index (χ2v) is 7.84. The lowest BCUT2D eigenvalue weighted by Crippen LogP contribution is -2.21. The van der Waals surface area contributed by atoms with E-state index in [9.17, 15) is 4.79 Å². The first-order valence-electron chi connectivity index (χ1n) is 9.19. The van der Waals surface area contributed by atoms with Crippen molar-refractivity contribution in [2.24, 2.45) is 0 Å².